The molecule has 2 amide bonds. The minimum atomic E-state index is -0.612. The van der Waals surface area contributed by atoms with Crippen LogP contribution in [0.3, 0.4) is 0 Å². The van der Waals surface area contributed by atoms with Crippen LogP contribution in [0.4, 0.5) is 11.4 Å². The van der Waals surface area contributed by atoms with Crippen molar-refractivity contribution in [3.05, 3.63) is 24.3 Å². The van der Waals surface area contributed by atoms with Crippen LogP contribution in [-0.2, 0) is 14.3 Å². The van der Waals surface area contributed by atoms with Crippen LogP contribution < -0.4 is 10.2 Å². The van der Waals surface area contributed by atoms with Crippen LogP contribution in [0.25, 0.3) is 0 Å². The van der Waals surface area contributed by atoms with Gasteiger partial charge in [-0.1, -0.05) is 0 Å². The van der Waals surface area contributed by atoms with Crippen molar-refractivity contribution in [2.45, 2.75) is 26.1 Å². The summed E-state index contributed by atoms with van der Waals surface area (Å²) in [6.07, 6.45) is -0.111. The molecule has 1 aliphatic heterocycles. The summed E-state index contributed by atoms with van der Waals surface area (Å²) < 4.78 is 5.57. The number of benzene rings is 1. The highest BCUT2D eigenvalue weighted by molar-refractivity contribution is 6.39. The molecule has 2 atom stereocenters. The van der Waals surface area contributed by atoms with Crippen molar-refractivity contribution in [3.8, 4) is 0 Å². The highest BCUT2D eigenvalue weighted by Crippen LogP contribution is 2.16. The molecule has 120 valence electrons. The third-order valence-electron chi connectivity index (χ3n) is 3.54. The van der Waals surface area contributed by atoms with Gasteiger partial charge in [-0.2, -0.15) is 0 Å². The summed E-state index contributed by atoms with van der Waals surface area (Å²) in [4.78, 5) is 27.8. The summed E-state index contributed by atoms with van der Waals surface area (Å²) in [5.41, 5.74) is 1.64. The Morgan fingerprint density at radius 2 is 1.68 bits per heavy atom. The maximum Gasteiger partial charge on any atom is 0.313 e. The van der Waals surface area contributed by atoms with Gasteiger partial charge in [-0.3, -0.25) is 9.59 Å². The molecule has 0 saturated carbocycles. The first-order valence-electron chi connectivity index (χ1n) is 7.40. The molecule has 1 heterocycles. The van der Waals surface area contributed by atoms with Gasteiger partial charge in [0.15, 0.2) is 0 Å². The van der Waals surface area contributed by atoms with Crippen molar-refractivity contribution >= 4 is 23.2 Å². The summed E-state index contributed by atoms with van der Waals surface area (Å²) in [6.45, 7) is 4.67. The highest BCUT2D eigenvalue weighted by Gasteiger charge is 2.29. The third-order valence-corrected chi connectivity index (χ3v) is 3.54. The zero-order valence-corrected chi connectivity index (χ0v) is 13.5. The van der Waals surface area contributed by atoms with Crippen molar-refractivity contribution < 1.29 is 14.3 Å². The van der Waals surface area contributed by atoms with E-state index in [9.17, 15) is 9.59 Å². The van der Waals surface area contributed by atoms with E-state index < -0.39 is 11.8 Å². The number of carbonyl (C=O) groups excluding carboxylic acids is 2. The van der Waals surface area contributed by atoms with E-state index in [1.165, 1.54) is 0 Å². The molecule has 0 aliphatic carbocycles. The Labute approximate surface area is 131 Å². The van der Waals surface area contributed by atoms with Crippen LogP contribution in [0, 0.1) is 0 Å². The summed E-state index contributed by atoms with van der Waals surface area (Å²) in [6, 6.07) is 7.34. The first-order chi connectivity index (χ1) is 10.4. The number of rotatable bonds is 2. The lowest BCUT2D eigenvalue weighted by atomic mass is 10.2. The average Bonchev–Trinajstić information content (AvgIpc) is 2.46. The Morgan fingerprint density at radius 1 is 1.14 bits per heavy atom. The second-order valence-electron chi connectivity index (χ2n) is 5.86. The molecule has 2 unspecified atom stereocenters. The summed E-state index contributed by atoms with van der Waals surface area (Å²) in [5.74, 6) is -1.13. The molecule has 1 aromatic carbocycles. The van der Waals surface area contributed by atoms with E-state index >= 15 is 0 Å². The lowest BCUT2D eigenvalue weighted by Gasteiger charge is -2.34. The van der Waals surface area contributed by atoms with E-state index in [4.69, 9.17) is 4.74 Å². The molecule has 6 heteroatoms. The quantitative estimate of drug-likeness (QED) is 0.837. The Bertz CT molecular complexity index is 532. The Hall–Kier alpha value is -2.08. The predicted molar refractivity (Wildman–Crippen MR) is 86.0 cm³/mol. The fourth-order valence-electron chi connectivity index (χ4n) is 2.51. The zero-order chi connectivity index (χ0) is 16.3. The monoisotopic (exact) mass is 305 g/mol. The molecule has 6 nitrogen and oxygen atoms in total. The maximum atomic E-state index is 12.2. The molecule has 0 aromatic heterocycles. The average molecular weight is 305 g/mol. The van der Waals surface area contributed by atoms with E-state index in [0.717, 1.165) is 5.69 Å². The number of nitrogens with zero attached hydrogens (tertiary/aromatic N) is 2. The van der Waals surface area contributed by atoms with Crippen molar-refractivity contribution in [2.24, 2.45) is 0 Å². The molecule has 1 aliphatic rings. The zero-order valence-electron chi connectivity index (χ0n) is 13.5. The fraction of sp³-hybridized carbons (Fsp3) is 0.500. The van der Waals surface area contributed by atoms with Crippen LogP contribution in [0.15, 0.2) is 24.3 Å². The fourth-order valence-corrected chi connectivity index (χ4v) is 2.51. The van der Waals surface area contributed by atoms with Gasteiger partial charge in [0.25, 0.3) is 0 Å². The Kier molecular flexibility index (Phi) is 5.03. The lowest BCUT2D eigenvalue weighted by Crippen LogP contribution is -2.51. The van der Waals surface area contributed by atoms with Crippen LogP contribution in [0.1, 0.15) is 13.8 Å². The summed E-state index contributed by atoms with van der Waals surface area (Å²) in [7, 11) is 3.88. The largest absolute Gasteiger partial charge is 0.378 e. The van der Waals surface area contributed by atoms with Gasteiger partial charge >= 0.3 is 11.8 Å². The number of carbonyl (C=O) groups is 2. The normalized spacial score (nSPS) is 21.4. The van der Waals surface area contributed by atoms with Gasteiger partial charge in [-0.15, -0.1) is 0 Å². The second kappa shape index (κ2) is 6.79. The van der Waals surface area contributed by atoms with E-state index in [0.29, 0.717) is 18.8 Å². The van der Waals surface area contributed by atoms with Gasteiger partial charge in [-0.05, 0) is 38.1 Å². The minimum absolute atomic E-state index is 0.0557. The maximum absolute atomic E-state index is 12.2. The molecule has 0 spiro atoms. The predicted octanol–water partition coefficient (Wildman–Crippen LogP) is 1.33. The van der Waals surface area contributed by atoms with Crippen LogP contribution in [0.2, 0.25) is 0 Å². The second-order valence-corrected chi connectivity index (χ2v) is 5.86. The van der Waals surface area contributed by atoms with Gasteiger partial charge in [0, 0.05) is 38.6 Å². The number of nitrogens with one attached hydrogen (secondary N) is 1. The molecular weight excluding hydrogens is 282 g/mol. The van der Waals surface area contributed by atoms with Crippen LogP contribution in [-0.4, -0.2) is 56.1 Å². The van der Waals surface area contributed by atoms with E-state index in [1.54, 1.807) is 17.0 Å². The third kappa shape index (κ3) is 3.98. The topological polar surface area (TPSA) is 61.9 Å². The molecule has 0 bridgehead atoms. The van der Waals surface area contributed by atoms with E-state index in [1.807, 2.05) is 45.0 Å². The number of anilines is 2. The summed E-state index contributed by atoms with van der Waals surface area (Å²) >= 11 is 0. The first-order valence-corrected chi connectivity index (χ1v) is 7.40. The number of morpholine rings is 1. The van der Waals surface area contributed by atoms with Crippen molar-refractivity contribution in [1.82, 2.24) is 4.90 Å². The van der Waals surface area contributed by atoms with Gasteiger partial charge in [0.05, 0.1) is 12.2 Å². The molecule has 1 N–H and O–H groups in total. The highest BCUT2D eigenvalue weighted by atomic mass is 16.5. The number of amides is 2. The van der Waals surface area contributed by atoms with Crippen molar-refractivity contribution in [2.75, 3.05) is 37.4 Å². The molecule has 0 radical (unpaired) electrons. The standard InChI is InChI=1S/C16H23N3O3/c1-11-9-19(10-12(2)22-11)16(21)15(20)17-13-5-7-14(8-6-13)18(3)4/h5-8,11-12H,9-10H2,1-4H3,(H,17,20). The molecule has 22 heavy (non-hydrogen) atoms. The minimum Gasteiger partial charge on any atom is -0.378 e. The van der Waals surface area contributed by atoms with Crippen molar-refractivity contribution in [1.29, 1.82) is 0 Å². The van der Waals surface area contributed by atoms with Gasteiger partial charge < -0.3 is 19.9 Å². The number of hydrogen-bond acceptors (Lipinski definition) is 4. The molecule has 2 rings (SSSR count). The van der Waals surface area contributed by atoms with Gasteiger partial charge in [-0.25, -0.2) is 0 Å². The molecule has 1 fully saturated rings. The molecular formula is C16H23N3O3. The van der Waals surface area contributed by atoms with Gasteiger partial charge in [0.2, 0.25) is 0 Å². The number of ether oxygens (including phenoxy) is 1. The summed E-state index contributed by atoms with van der Waals surface area (Å²) in [5, 5.41) is 2.65. The SMILES string of the molecule is CC1CN(C(=O)C(=O)Nc2ccc(N(C)C)cc2)CC(C)O1. The van der Waals surface area contributed by atoms with E-state index in [-0.39, 0.29) is 12.2 Å². The smallest absolute Gasteiger partial charge is 0.313 e. The van der Waals surface area contributed by atoms with Gasteiger partial charge in [0.1, 0.15) is 0 Å². The Balaban J connectivity index is 1.97. The van der Waals surface area contributed by atoms with E-state index in [2.05, 4.69) is 5.32 Å². The van der Waals surface area contributed by atoms with Crippen molar-refractivity contribution in [3.63, 3.8) is 0 Å². The number of hydrogen-bond donors (Lipinski definition) is 1. The first kappa shape index (κ1) is 16.3. The lowest BCUT2D eigenvalue weighted by molar-refractivity contribution is -0.151. The van der Waals surface area contributed by atoms with Crippen LogP contribution >= 0.6 is 0 Å². The van der Waals surface area contributed by atoms with Crippen LogP contribution in [0.5, 0.6) is 0 Å². The Morgan fingerprint density at radius 3 is 2.18 bits per heavy atom. The molecule has 1 aromatic rings. The molecule has 1 saturated heterocycles.